The van der Waals surface area contributed by atoms with Gasteiger partial charge in [0.15, 0.2) is 0 Å². The highest BCUT2D eigenvalue weighted by molar-refractivity contribution is 9.10. The Labute approximate surface area is 109 Å². The average molecular weight is 296 g/mol. The molecule has 0 bridgehead atoms. The van der Waals surface area contributed by atoms with Gasteiger partial charge in [-0.3, -0.25) is 0 Å². The van der Waals surface area contributed by atoms with Crippen LogP contribution in [0.5, 0.6) is 5.75 Å². The molecule has 0 fully saturated rings. The van der Waals surface area contributed by atoms with Crippen molar-refractivity contribution in [2.24, 2.45) is 5.73 Å². The zero-order valence-electron chi connectivity index (χ0n) is 9.74. The highest BCUT2D eigenvalue weighted by Crippen LogP contribution is 2.30. The number of aryl methyl sites for hydroxylation is 1. The van der Waals surface area contributed by atoms with E-state index in [4.69, 9.17) is 14.9 Å². The predicted molar refractivity (Wildman–Crippen MR) is 70.2 cm³/mol. The molecular formula is C13H14BrNO2. The lowest BCUT2D eigenvalue weighted by Gasteiger charge is -2.13. The van der Waals surface area contributed by atoms with Crippen LogP contribution in [0.15, 0.2) is 39.4 Å². The minimum atomic E-state index is -0.184. The van der Waals surface area contributed by atoms with Crippen molar-refractivity contribution in [3.05, 3.63) is 51.9 Å². The predicted octanol–water partition coefficient (Wildman–Crippen LogP) is 3.41. The third kappa shape index (κ3) is 2.37. The van der Waals surface area contributed by atoms with Crippen LogP contribution < -0.4 is 10.5 Å². The summed E-state index contributed by atoms with van der Waals surface area (Å²) in [4.78, 5) is 0. The summed E-state index contributed by atoms with van der Waals surface area (Å²) >= 11 is 3.45. The zero-order chi connectivity index (χ0) is 12.4. The van der Waals surface area contributed by atoms with Crippen molar-refractivity contribution < 1.29 is 9.15 Å². The topological polar surface area (TPSA) is 48.4 Å². The molecule has 1 unspecified atom stereocenters. The van der Waals surface area contributed by atoms with E-state index in [1.807, 2.05) is 31.2 Å². The lowest BCUT2D eigenvalue weighted by molar-refractivity contribution is 0.412. The van der Waals surface area contributed by atoms with Crippen molar-refractivity contribution in [1.82, 2.24) is 0 Å². The summed E-state index contributed by atoms with van der Waals surface area (Å²) in [6, 6.07) is 7.54. The van der Waals surface area contributed by atoms with Gasteiger partial charge in [0.1, 0.15) is 11.5 Å². The van der Waals surface area contributed by atoms with Crippen LogP contribution in [0.3, 0.4) is 0 Å². The lowest BCUT2D eigenvalue weighted by atomic mass is 10.0. The number of nitrogens with two attached hydrogens (primary N) is 1. The molecule has 17 heavy (non-hydrogen) atoms. The molecule has 3 nitrogen and oxygen atoms in total. The first-order chi connectivity index (χ1) is 8.13. The van der Waals surface area contributed by atoms with Gasteiger partial charge < -0.3 is 14.9 Å². The SMILES string of the molecule is COc1ccc(C(N)c2ccoc2C)cc1Br. The molecule has 1 aromatic carbocycles. The number of hydrogen-bond donors (Lipinski definition) is 1. The van der Waals surface area contributed by atoms with Gasteiger partial charge in [0.2, 0.25) is 0 Å². The van der Waals surface area contributed by atoms with Gasteiger partial charge in [0.25, 0.3) is 0 Å². The second-order valence-corrected chi connectivity index (χ2v) is 4.66. The number of hydrogen-bond acceptors (Lipinski definition) is 3. The van der Waals surface area contributed by atoms with Gasteiger partial charge in [-0.25, -0.2) is 0 Å². The fourth-order valence-electron chi connectivity index (χ4n) is 1.77. The van der Waals surface area contributed by atoms with Gasteiger partial charge >= 0.3 is 0 Å². The quantitative estimate of drug-likeness (QED) is 0.944. The summed E-state index contributed by atoms with van der Waals surface area (Å²) in [5.41, 5.74) is 8.22. The molecule has 0 saturated carbocycles. The molecule has 1 aromatic heterocycles. The highest BCUT2D eigenvalue weighted by atomic mass is 79.9. The number of ether oxygens (including phenoxy) is 1. The Hall–Kier alpha value is -1.26. The second-order valence-electron chi connectivity index (χ2n) is 3.80. The number of rotatable bonds is 3. The molecule has 2 N–H and O–H groups in total. The molecule has 2 aromatic rings. The molecule has 0 aliphatic heterocycles. The first-order valence-electron chi connectivity index (χ1n) is 5.26. The van der Waals surface area contributed by atoms with Gasteiger partial charge in [-0.1, -0.05) is 6.07 Å². The Morgan fingerprint density at radius 2 is 2.12 bits per heavy atom. The summed E-state index contributed by atoms with van der Waals surface area (Å²) in [6.45, 7) is 1.91. The van der Waals surface area contributed by atoms with E-state index in [9.17, 15) is 0 Å². The molecule has 0 radical (unpaired) electrons. The largest absolute Gasteiger partial charge is 0.496 e. The molecule has 0 saturated heterocycles. The molecular weight excluding hydrogens is 282 g/mol. The number of halogens is 1. The number of benzene rings is 1. The van der Waals surface area contributed by atoms with E-state index in [1.54, 1.807) is 13.4 Å². The minimum absolute atomic E-state index is 0.184. The van der Waals surface area contributed by atoms with E-state index in [2.05, 4.69) is 15.9 Å². The van der Waals surface area contributed by atoms with Crippen molar-refractivity contribution in [3.8, 4) is 5.75 Å². The van der Waals surface area contributed by atoms with E-state index >= 15 is 0 Å². The normalized spacial score (nSPS) is 12.5. The highest BCUT2D eigenvalue weighted by Gasteiger charge is 2.14. The van der Waals surface area contributed by atoms with Crippen molar-refractivity contribution >= 4 is 15.9 Å². The molecule has 90 valence electrons. The summed E-state index contributed by atoms with van der Waals surface area (Å²) < 4.78 is 11.4. The van der Waals surface area contributed by atoms with Crippen LogP contribution in [-0.2, 0) is 0 Å². The summed E-state index contributed by atoms with van der Waals surface area (Å²) in [6.07, 6.45) is 1.66. The van der Waals surface area contributed by atoms with Gasteiger partial charge in [-0.15, -0.1) is 0 Å². The van der Waals surface area contributed by atoms with E-state index in [1.165, 1.54) is 0 Å². The lowest BCUT2D eigenvalue weighted by Crippen LogP contribution is -2.12. The number of furan rings is 1. The first kappa shape index (κ1) is 12.2. The van der Waals surface area contributed by atoms with Gasteiger partial charge in [-0.05, 0) is 46.6 Å². The Bertz CT molecular complexity index is 522. The molecule has 2 rings (SSSR count). The third-order valence-corrected chi connectivity index (χ3v) is 3.39. The van der Waals surface area contributed by atoms with Crippen molar-refractivity contribution in [3.63, 3.8) is 0 Å². The minimum Gasteiger partial charge on any atom is -0.496 e. The van der Waals surface area contributed by atoms with Crippen LogP contribution in [0.4, 0.5) is 0 Å². The van der Waals surface area contributed by atoms with Gasteiger partial charge in [-0.2, -0.15) is 0 Å². The van der Waals surface area contributed by atoms with Crippen LogP contribution in [0.1, 0.15) is 22.9 Å². The van der Waals surface area contributed by atoms with Crippen LogP contribution >= 0.6 is 15.9 Å². The van der Waals surface area contributed by atoms with Crippen molar-refractivity contribution in [1.29, 1.82) is 0 Å². The molecule has 0 spiro atoms. The maximum atomic E-state index is 6.20. The first-order valence-corrected chi connectivity index (χ1v) is 6.05. The Morgan fingerprint density at radius 3 is 2.65 bits per heavy atom. The molecule has 0 aliphatic rings. The summed E-state index contributed by atoms with van der Waals surface area (Å²) in [7, 11) is 1.64. The standard InChI is InChI=1S/C13H14BrNO2/c1-8-10(5-6-17-8)13(15)9-3-4-12(16-2)11(14)7-9/h3-7,13H,15H2,1-2H3. The third-order valence-electron chi connectivity index (χ3n) is 2.77. The molecule has 0 amide bonds. The van der Waals surface area contributed by atoms with E-state index < -0.39 is 0 Å². The smallest absolute Gasteiger partial charge is 0.133 e. The van der Waals surface area contributed by atoms with E-state index in [0.29, 0.717) is 0 Å². The van der Waals surface area contributed by atoms with E-state index in [-0.39, 0.29) is 6.04 Å². The maximum Gasteiger partial charge on any atom is 0.133 e. The Morgan fingerprint density at radius 1 is 1.35 bits per heavy atom. The molecule has 0 aliphatic carbocycles. The summed E-state index contributed by atoms with van der Waals surface area (Å²) in [5.74, 6) is 1.65. The van der Waals surface area contributed by atoms with Crippen LogP contribution in [0.2, 0.25) is 0 Å². The van der Waals surface area contributed by atoms with Crippen LogP contribution in [0, 0.1) is 6.92 Å². The van der Waals surface area contributed by atoms with Crippen molar-refractivity contribution in [2.45, 2.75) is 13.0 Å². The van der Waals surface area contributed by atoms with Crippen molar-refractivity contribution in [2.75, 3.05) is 7.11 Å². The zero-order valence-corrected chi connectivity index (χ0v) is 11.3. The molecule has 4 heteroatoms. The monoisotopic (exact) mass is 295 g/mol. The van der Waals surface area contributed by atoms with E-state index in [0.717, 1.165) is 27.1 Å². The second kappa shape index (κ2) is 4.94. The van der Waals surface area contributed by atoms with Gasteiger partial charge in [0.05, 0.1) is 23.9 Å². The fourth-order valence-corrected chi connectivity index (χ4v) is 2.33. The number of methoxy groups -OCH3 is 1. The summed E-state index contributed by atoms with van der Waals surface area (Å²) in [5, 5.41) is 0. The maximum absolute atomic E-state index is 6.20. The molecule has 1 atom stereocenters. The van der Waals surface area contributed by atoms with Crippen LogP contribution in [-0.4, -0.2) is 7.11 Å². The Kier molecular flexibility index (Phi) is 3.54. The Balaban J connectivity index is 2.35. The fraction of sp³-hybridized carbons (Fsp3) is 0.231. The van der Waals surface area contributed by atoms with Gasteiger partial charge in [0, 0.05) is 5.56 Å². The van der Waals surface area contributed by atoms with Crippen LogP contribution in [0.25, 0.3) is 0 Å². The molecule has 1 heterocycles. The average Bonchev–Trinajstić information content (AvgIpc) is 2.74.